The Bertz CT molecular complexity index is 723. The highest BCUT2D eigenvalue weighted by Crippen LogP contribution is 2.39. The Morgan fingerprint density at radius 3 is 1.88 bits per heavy atom. The summed E-state index contributed by atoms with van der Waals surface area (Å²) >= 11 is 0. The van der Waals surface area contributed by atoms with E-state index in [0.717, 1.165) is 24.6 Å². The van der Waals surface area contributed by atoms with Crippen molar-refractivity contribution in [3.63, 3.8) is 0 Å². The first-order valence-electron chi connectivity index (χ1n) is 9.97. The summed E-state index contributed by atoms with van der Waals surface area (Å²) in [4.78, 5) is 58.6. The number of carbonyl (C=O) groups is 5. The van der Waals surface area contributed by atoms with Crippen LogP contribution in [0, 0.1) is 0 Å². The van der Waals surface area contributed by atoms with Gasteiger partial charge in [0.1, 0.15) is 12.7 Å². The van der Waals surface area contributed by atoms with Gasteiger partial charge in [0.05, 0.1) is 6.04 Å². The van der Waals surface area contributed by atoms with Crippen LogP contribution >= 0.6 is 21.6 Å². The first-order valence-corrected chi connectivity index (χ1v) is 12.4. The molecule has 0 aromatic carbocycles. The van der Waals surface area contributed by atoms with Crippen LogP contribution in [0.3, 0.4) is 0 Å². The van der Waals surface area contributed by atoms with Gasteiger partial charge in [0.25, 0.3) is 0 Å². The van der Waals surface area contributed by atoms with E-state index in [4.69, 9.17) is 23.7 Å². The number of likely N-dealkylation sites (N-methyl/N-ethyl adjacent to an activating group) is 2. The molecule has 0 aromatic heterocycles. The van der Waals surface area contributed by atoms with Crippen LogP contribution in [0.1, 0.15) is 27.7 Å². The molecule has 0 aromatic rings. The molecule has 1 heterocycles. The molecule has 0 bridgehead atoms. The van der Waals surface area contributed by atoms with Crippen molar-refractivity contribution in [2.24, 2.45) is 0 Å². The summed E-state index contributed by atoms with van der Waals surface area (Å²) < 4.78 is 27.1. The van der Waals surface area contributed by atoms with Gasteiger partial charge >= 0.3 is 23.9 Å². The van der Waals surface area contributed by atoms with E-state index in [1.54, 1.807) is 7.05 Å². The lowest BCUT2D eigenvalue weighted by Gasteiger charge is -2.44. The maximum absolute atomic E-state index is 11.9. The van der Waals surface area contributed by atoms with Crippen LogP contribution in [0.5, 0.6) is 0 Å². The Balaban J connectivity index is 3.19. The molecule has 2 N–H and O–H groups in total. The van der Waals surface area contributed by atoms with E-state index in [-0.39, 0.29) is 12.5 Å². The number of nitrogens with one attached hydrogen (secondary N) is 2. The average molecular weight is 511 g/mol. The molecule has 0 saturated carbocycles. The molecule has 6 atom stereocenters. The number of ether oxygens (including phenoxy) is 5. The van der Waals surface area contributed by atoms with E-state index in [1.807, 2.05) is 0 Å². The highest BCUT2D eigenvalue weighted by molar-refractivity contribution is 8.76. The van der Waals surface area contributed by atoms with Gasteiger partial charge in [0, 0.05) is 40.5 Å². The third-order valence-corrected chi connectivity index (χ3v) is 6.82. The minimum Gasteiger partial charge on any atom is -0.463 e. The van der Waals surface area contributed by atoms with E-state index in [1.165, 1.54) is 31.7 Å². The van der Waals surface area contributed by atoms with Gasteiger partial charge in [-0.15, -0.1) is 0 Å². The molecule has 1 fully saturated rings. The Labute approximate surface area is 199 Å². The quantitative estimate of drug-likeness (QED) is 0.214. The zero-order valence-corrected chi connectivity index (χ0v) is 20.9. The fourth-order valence-corrected chi connectivity index (χ4v) is 5.59. The lowest BCUT2D eigenvalue weighted by atomic mass is 9.99. The number of esters is 4. The fraction of sp³-hybridized carbons (Fsp3) is 0.737. The Morgan fingerprint density at radius 2 is 1.39 bits per heavy atom. The van der Waals surface area contributed by atoms with E-state index >= 15 is 0 Å². The van der Waals surface area contributed by atoms with Gasteiger partial charge in [-0.25, -0.2) is 0 Å². The molecule has 188 valence electrons. The summed E-state index contributed by atoms with van der Waals surface area (Å²) in [7, 11) is 5.54. The van der Waals surface area contributed by atoms with Gasteiger partial charge in [-0.3, -0.25) is 24.0 Å². The van der Waals surface area contributed by atoms with Crippen LogP contribution in [-0.4, -0.2) is 92.1 Å². The summed E-state index contributed by atoms with van der Waals surface area (Å²) in [5.41, 5.74) is -0.905. The van der Waals surface area contributed by atoms with Crippen molar-refractivity contribution in [1.29, 1.82) is 0 Å². The van der Waals surface area contributed by atoms with Crippen LogP contribution in [-0.2, 0) is 47.7 Å². The molecule has 1 amide bonds. The van der Waals surface area contributed by atoms with Gasteiger partial charge in [0.15, 0.2) is 23.7 Å². The second-order valence-electron chi connectivity index (χ2n) is 6.90. The third-order valence-electron chi connectivity index (χ3n) is 4.26. The van der Waals surface area contributed by atoms with Gasteiger partial charge < -0.3 is 34.3 Å². The molecule has 14 heteroatoms. The molecule has 3 unspecified atom stereocenters. The van der Waals surface area contributed by atoms with Crippen molar-refractivity contribution in [1.82, 2.24) is 10.6 Å². The summed E-state index contributed by atoms with van der Waals surface area (Å²) in [5, 5.41) is 5.43. The monoisotopic (exact) mass is 510 g/mol. The Morgan fingerprint density at radius 1 is 0.848 bits per heavy atom. The Kier molecular flexibility index (Phi) is 12.5. The second kappa shape index (κ2) is 14.3. The van der Waals surface area contributed by atoms with Crippen LogP contribution in [0.4, 0.5) is 0 Å². The van der Waals surface area contributed by atoms with Crippen molar-refractivity contribution in [2.45, 2.75) is 63.6 Å². The number of amides is 1. The molecule has 0 aliphatic carbocycles. The molecule has 1 rings (SSSR count). The lowest BCUT2D eigenvalue weighted by molar-refractivity contribution is -0.237. The molecule has 12 nitrogen and oxygen atoms in total. The largest absolute Gasteiger partial charge is 0.463 e. The first kappa shape index (κ1) is 29.0. The van der Waals surface area contributed by atoms with Crippen molar-refractivity contribution >= 4 is 51.4 Å². The maximum Gasteiger partial charge on any atom is 0.303 e. The highest BCUT2D eigenvalue weighted by atomic mass is 33.1. The zero-order valence-electron chi connectivity index (χ0n) is 19.3. The minimum atomic E-state index is -1.22. The molecule has 0 radical (unpaired) electrons. The van der Waals surface area contributed by atoms with Crippen molar-refractivity contribution in [3.8, 4) is 0 Å². The predicted molar refractivity (Wildman–Crippen MR) is 119 cm³/mol. The fourth-order valence-electron chi connectivity index (χ4n) is 2.90. The summed E-state index contributed by atoms with van der Waals surface area (Å²) in [6.07, 6.45) is -4.57. The van der Waals surface area contributed by atoms with Gasteiger partial charge in [-0.2, -0.15) is 0 Å². The topological polar surface area (TPSA) is 156 Å². The van der Waals surface area contributed by atoms with Gasteiger partial charge in [-0.1, -0.05) is 21.6 Å². The second-order valence-corrected chi connectivity index (χ2v) is 9.41. The SMILES string of the molecule is CNC(=O)C(CSS[C@@H]1OC(COC(C)=O)[C@H](OC(C)=O)[C@H](OC(C)=O)C1OC(C)=O)NC. The van der Waals surface area contributed by atoms with Gasteiger partial charge in [-0.05, 0) is 7.05 Å². The molecule has 1 aliphatic heterocycles. The highest BCUT2D eigenvalue weighted by Gasteiger charge is 2.52. The standard InChI is InChI=1S/C19H30N2O10S2/c1-9(22)27-7-14-15(28-10(2)23)16(29-11(3)24)17(30-12(4)25)19(31-14)33-32-8-13(20-5)18(26)21-6/h13-17,19-20H,7-8H2,1-6H3,(H,21,26)/t13?,14?,15-,16-,17?,19-/m0/s1. The van der Waals surface area contributed by atoms with Crippen molar-refractivity contribution in [2.75, 3.05) is 26.5 Å². The summed E-state index contributed by atoms with van der Waals surface area (Å²) in [6.45, 7) is 4.39. The number of hydrogen-bond acceptors (Lipinski definition) is 13. The van der Waals surface area contributed by atoms with E-state index in [0.29, 0.717) is 5.75 Å². The number of carbonyl (C=O) groups excluding carboxylic acids is 5. The molecular weight excluding hydrogens is 480 g/mol. The third kappa shape index (κ3) is 9.78. The van der Waals surface area contributed by atoms with Crippen LogP contribution in [0.2, 0.25) is 0 Å². The summed E-state index contributed by atoms with van der Waals surface area (Å²) in [6, 6.07) is -0.502. The lowest BCUT2D eigenvalue weighted by Crippen LogP contribution is -2.61. The van der Waals surface area contributed by atoms with E-state index in [9.17, 15) is 24.0 Å². The predicted octanol–water partition coefficient (Wildman–Crippen LogP) is -0.215. The summed E-state index contributed by atoms with van der Waals surface area (Å²) in [5.74, 6) is -2.55. The minimum absolute atomic E-state index is 0.216. The number of hydrogen-bond donors (Lipinski definition) is 2. The first-order chi connectivity index (χ1) is 15.5. The maximum atomic E-state index is 11.9. The molecule has 1 aliphatic rings. The number of rotatable bonds is 11. The average Bonchev–Trinajstić information content (AvgIpc) is 2.72. The van der Waals surface area contributed by atoms with Crippen molar-refractivity contribution < 1.29 is 47.7 Å². The molecule has 0 spiro atoms. The van der Waals surface area contributed by atoms with Crippen LogP contribution in [0.15, 0.2) is 0 Å². The zero-order chi connectivity index (χ0) is 25.1. The van der Waals surface area contributed by atoms with Crippen molar-refractivity contribution in [3.05, 3.63) is 0 Å². The normalized spacial score (nSPS) is 25.3. The Hall–Kier alpha value is -2.03. The van der Waals surface area contributed by atoms with Crippen LogP contribution < -0.4 is 10.6 Å². The van der Waals surface area contributed by atoms with E-state index < -0.39 is 59.8 Å². The van der Waals surface area contributed by atoms with Gasteiger partial charge in [0.2, 0.25) is 5.91 Å². The van der Waals surface area contributed by atoms with E-state index in [2.05, 4.69) is 10.6 Å². The molecular formula is C19H30N2O10S2. The van der Waals surface area contributed by atoms with Crippen LogP contribution in [0.25, 0.3) is 0 Å². The molecule has 33 heavy (non-hydrogen) atoms. The smallest absolute Gasteiger partial charge is 0.303 e. The molecule has 1 saturated heterocycles.